The van der Waals surface area contributed by atoms with Crippen LogP contribution in [0.3, 0.4) is 0 Å². The zero-order chi connectivity index (χ0) is 10.1. The molecule has 3 heteroatoms. The van der Waals surface area contributed by atoms with Crippen LogP contribution >= 0.6 is 0 Å². The number of primary amides is 1. The molecule has 2 aromatic rings. The molecule has 69 valence electrons. The number of hydrogen-bond acceptors (Lipinski definition) is 1. The van der Waals surface area contributed by atoms with E-state index in [0.29, 0.717) is 5.39 Å². The van der Waals surface area contributed by atoms with Crippen molar-refractivity contribution in [2.75, 3.05) is 0 Å². The van der Waals surface area contributed by atoms with Crippen molar-refractivity contribution in [1.29, 1.82) is 0 Å². The van der Waals surface area contributed by atoms with Crippen molar-refractivity contribution < 1.29 is 9.90 Å². The van der Waals surface area contributed by atoms with E-state index in [4.69, 9.17) is 5.73 Å². The van der Waals surface area contributed by atoms with E-state index in [1.807, 2.05) is 6.07 Å². The Balaban J connectivity index is 2.78. The van der Waals surface area contributed by atoms with E-state index in [0.717, 1.165) is 5.39 Å². The minimum Gasteiger partial charge on any atom is -0.366 e. The molecule has 0 aliphatic heterocycles. The molecule has 0 bridgehead atoms. The molecule has 0 fully saturated rings. The third-order valence-electron chi connectivity index (χ3n) is 2.11. The number of amides is 1. The predicted octanol–water partition coefficient (Wildman–Crippen LogP) is 2.08. The number of nitrogens with two attached hydrogens (primary N) is 1. The first-order chi connectivity index (χ1) is 6.68. The highest BCUT2D eigenvalue weighted by Gasteiger charge is 2.07. The molecule has 0 saturated heterocycles. The van der Waals surface area contributed by atoms with Gasteiger partial charge in [-0.25, -0.2) is 0 Å². The smallest absolute Gasteiger partial charge is 0.248 e. The molecular weight excluding hydrogens is 178 g/mol. The van der Waals surface area contributed by atoms with Crippen LogP contribution in [0.1, 0.15) is 10.4 Å². The van der Waals surface area contributed by atoms with E-state index < -0.39 is 5.91 Å². The van der Waals surface area contributed by atoms with Crippen molar-refractivity contribution in [3.05, 3.63) is 42.0 Å². The van der Waals surface area contributed by atoms with Gasteiger partial charge in [-0.1, -0.05) is 24.3 Å². The molecular formula is C11H8NO2. The Morgan fingerprint density at radius 2 is 1.86 bits per heavy atom. The number of benzene rings is 2. The first kappa shape index (κ1) is 8.56. The van der Waals surface area contributed by atoms with Gasteiger partial charge in [-0.3, -0.25) is 9.90 Å². The summed E-state index contributed by atoms with van der Waals surface area (Å²) in [7, 11) is 0. The first-order valence-electron chi connectivity index (χ1n) is 4.18. The summed E-state index contributed by atoms with van der Waals surface area (Å²) in [5, 5.41) is 12.8. The summed E-state index contributed by atoms with van der Waals surface area (Å²) in [6, 6.07) is 10.00. The van der Waals surface area contributed by atoms with Gasteiger partial charge in [-0.2, -0.15) is 0 Å². The van der Waals surface area contributed by atoms with Crippen molar-refractivity contribution in [3.63, 3.8) is 0 Å². The Hall–Kier alpha value is -2.03. The molecule has 0 aliphatic carbocycles. The SMILES string of the molecule is NC(=O)c1cc([O])c2ccccc2c1. The van der Waals surface area contributed by atoms with E-state index >= 15 is 0 Å². The summed E-state index contributed by atoms with van der Waals surface area (Å²) in [6.07, 6.45) is 0. The second-order valence-electron chi connectivity index (χ2n) is 3.06. The molecule has 2 aromatic carbocycles. The van der Waals surface area contributed by atoms with Crippen LogP contribution in [0.2, 0.25) is 0 Å². The van der Waals surface area contributed by atoms with Crippen LogP contribution in [0.4, 0.5) is 0 Å². The number of rotatable bonds is 1. The lowest BCUT2D eigenvalue weighted by atomic mass is 10.1. The number of fused-ring (bicyclic) bond motifs is 1. The lowest BCUT2D eigenvalue weighted by molar-refractivity contribution is 0.1000. The Labute approximate surface area is 80.8 Å². The van der Waals surface area contributed by atoms with Gasteiger partial charge in [0.1, 0.15) is 0 Å². The van der Waals surface area contributed by atoms with E-state index in [1.165, 1.54) is 6.07 Å². The highest BCUT2D eigenvalue weighted by molar-refractivity contribution is 5.99. The molecule has 1 radical (unpaired) electrons. The first-order valence-corrected chi connectivity index (χ1v) is 4.18. The molecule has 2 N–H and O–H groups in total. The van der Waals surface area contributed by atoms with Gasteiger partial charge in [0.2, 0.25) is 5.91 Å². The minimum absolute atomic E-state index is 0.170. The summed E-state index contributed by atoms with van der Waals surface area (Å²) in [6.45, 7) is 0. The summed E-state index contributed by atoms with van der Waals surface area (Å²) in [4.78, 5) is 10.9. The number of hydrogen-bond donors (Lipinski definition) is 1. The lowest BCUT2D eigenvalue weighted by Crippen LogP contribution is -2.10. The molecule has 1 amide bonds. The topological polar surface area (TPSA) is 63.0 Å². The van der Waals surface area contributed by atoms with Gasteiger partial charge in [0.15, 0.2) is 5.75 Å². The van der Waals surface area contributed by atoms with E-state index in [1.54, 1.807) is 24.3 Å². The van der Waals surface area contributed by atoms with Crippen molar-refractivity contribution >= 4 is 16.7 Å². The summed E-state index contributed by atoms with van der Waals surface area (Å²) in [5.41, 5.74) is 5.35. The normalized spacial score (nSPS) is 10.3. The molecule has 0 aromatic heterocycles. The molecule has 0 spiro atoms. The standard InChI is InChI=1S/C11H8NO2/c12-11(14)8-5-7-3-1-2-4-9(7)10(13)6-8/h1-6H,(H2,12,14). The lowest BCUT2D eigenvalue weighted by Gasteiger charge is -2.00. The third-order valence-corrected chi connectivity index (χ3v) is 2.11. The molecule has 3 nitrogen and oxygen atoms in total. The maximum atomic E-state index is 11.5. The van der Waals surface area contributed by atoms with Crippen LogP contribution in [0.5, 0.6) is 5.75 Å². The fraction of sp³-hybridized carbons (Fsp3) is 0. The molecule has 2 rings (SSSR count). The Bertz CT molecular complexity index is 506. The third kappa shape index (κ3) is 1.29. The van der Waals surface area contributed by atoms with Gasteiger partial charge >= 0.3 is 0 Å². The Morgan fingerprint density at radius 1 is 1.14 bits per heavy atom. The molecule has 0 saturated carbocycles. The largest absolute Gasteiger partial charge is 0.366 e. The summed E-state index contributed by atoms with van der Waals surface area (Å²) >= 11 is 0. The highest BCUT2D eigenvalue weighted by atomic mass is 16.3. The van der Waals surface area contributed by atoms with Crippen LogP contribution in [0, 0.1) is 0 Å². The fourth-order valence-corrected chi connectivity index (χ4v) is 1.42. The van der Waals surface area contributed by atoms with E-state index in [2.05, 4.69) is 0 Å². The van der Waals surface area contributed by atoms with Gasteiger partial charge in [0.25, 0.3) is 0 Å². The zero-order valence-corrected chi connectivity index (χ0v) is 7.36. The molecule has 0 heterocycles. The second kappa shape index (κ2) is 3.03. The zero-order valence-electron chi connectivity index (χ0n) is 7.36. The number of carbonyl (C=O) groups is 1. The van der Waals surface area contributed by atoms with Gasteiger partial charge in [-0.15, -0.1) is 0 Å². The second-order valence-corrected chi connectivity index (χ2v) is 3.06. The van der Waals surface area contributed by atoms with Crippen LogP contribution in [-0.4, -0.2) is 5.91 Å². The summed E-state index contributed by atoms with van der Waals surface area (Å²) < 4.78 is 0. The number of carbonyl (C=O) groups excluding carboxylic acids is 1. The Kier molecular flexibility index (Phi) is 1.85. The predicted molar refractivity (Wildman–Crippen MR) is 52.6 cm³/mol. The van der Waals surface area contributed by atoms with Crippen LogP contribution in [-0.2, 0) is 5.11 Å². The van der Waals surface area contributed by atoms with Gasteiger partial charge in [0, 0.05) is 10.9 Å². The van der Waals surface area contributed by atoms with E-state index in [-0.39, 0.29) is 11.3 Å². The van der Waals surface area contributed by atoms with Gasteiger partial charge in [0.05, 0.1) is 0 Å². The van der Waals surface area contributed by atoms with Crippen molar-refractivity contribution in [2.24, 2.45) is 5.73 Å². The average molecular weight is 186 g/mol. The van der Waals surface area contributed by atoms with Crippen molar-refractivity contribution in [1.82, 2.24) is 0 Å². The monoisotopic (exact) mass is 186 g/mol. The maximum absolute atomic E-state index is 11.5. The van der Waals surface area contributed by atoms with Crippen LogP contribution in [0.15, 0.2) is 36.4 Å². The highest BCUT2D eigenvalue weighted by Crippen LogP contribution is 2.26. The molecule has 0 unspecified atom stereocenters. The average Bonchev–Trinajstić information content (AvgIpc) is 2.17. The quantitative estimate of drug-likeness (QED) is 0.728. The minimum atomic E-state index is -0.576. The van der Waals surface area contributed by atoms with Crippen molar-refractivity contribution in [3.8, 4) is 5.75 Å². The van der Waals surface area contributed by atoms with E-state index in [9.17, 15) is 9.90 Å². The summed E-state index contributed by atoms with van der Waals surface area (Å²) in [5.74, 6) is -0.746. The maximum Gasteiger partial charge on any atom is 0.248 e. The Morgan fingerprint density at radius 3 is 2.57 bits per heavy atom. The van der Waals surface area contributed by atoms with Crippen LogP contribution in [0.25, 0.3) is 10.8 Å². The van der Waals surface area contributed by atoms with Gasteiger partial charge < -0.3 is 5.73 Å². The fourth-order valence-electron chi connectivity index (χ4n) is 1.42. The van der Waals surface area contributed by atoms with Crippen LogP contribution < -0.4 is 5.73 Å². The molecule has 14 heavy (non-hydrogen) atoms. The van der Waals surface area contributed by atoms with Gasteiger partial charge in [-0.05, 0) is 17.5 Å². The molecule has 0 aliphatic rings. The van der Waals surface area contributed by atoms with Crippen molar-refractivity contribution in [2.45, 2.75) is 0 Å². The molecule has 0 atom stereocenters.